The third kappa shape index (κ3) is 3.28. The van der Waals surface area contributed by atoms with Crippen LogP contribution in [0.5, 0.6) is 5.75 Å². The lowest BCUT2D eigenvalue weighted by molar-refractivity contribution is 0.0127. The van der Waals surface area contributed by atoms with Crippen LogP contribution in [0.2, 0.25) is 0 Å². The van der Waals surface area contributed by atoms with Gasteiger partial charge in [0.2, 0.25) is 0 Å². The number of likely N-dealkylation sites (N-methyl/N-ethyl adjacent to an activating group) is 1. The number of benzene rings is 1. The van der Waals surface area contributed by atoms with Gasteiger partial charge in [-0.1, -0.05) is 0 Å². The number of ether oxygens (including phenoxy) is 1. The normalized spacial score (nSPS) is 20.5. The van der Waals surface area contributed by atoms with E-state index >= 15 is 0 Å². The van der Waals surface area contributed by atoms with Gasteiger partial charge in [-0.05, 0) is 75.5 Å². The smallest absolute Gasteiger partial charge is 0.253 e. The summed E-state index contributed by atoms with van der Waals surface area (Å²) >= 11 is 0. The molecule has 3 aliphatic rings. The zero-order valence-corrected chi connectivity index (χ0v) is 18.7. The Hall–Kier alpha value is -2.60. The summed E-state index contributed by atoms with van der Waals surface area (Å²) in [6.07, 6.45) is 3.83. The molecule has 0 bridgehead atoms. The van der Waals surface area contributed by atoms with E-state index in [0.29, 0.717) is 24.4 Å². The Balaban J connectivity index is 1.36. The van der Waals surface area contributed by atoms with Gasteiger partial charge < -0.3 is 14.2 Å². The summed E-state index contributed by atoms with van der Waals surface area (Å²) in [5.74, 6) is 1.44. The van der Waals surface area contributed by atoms with Crippen LogP contribution in [-0.4, -0.2) is 59.8 Å². The van der Waals surface area contributed by atoms with Crippen molar-refractivity contribution in [2.75, 3.05) is 33.8 Å². The van der Waals surface area contributed by atoms with Crippen molar-refractivity contribution in [3.8, 4) is 5.75 Å². The number of carbonyl (C=O) groups is 2. The molecule has 0 N–H and O–H groups in total. The zero-order chi connectivity index (χ0) is 21.8. The molecule has 1 spiro atoms. The Morgan fingerprint density at radius 3 is 2.42 bits per heavy atom. The van der Waals surface area contributed by atoms with Crippen LogP contribution in [0.3, 0.4) is 0 Å². The summed E-state index contributed by atoms with van der Waals surface area (Å²) in [6, 6.07) is 9.84. The molecule has 1 aliphatic carbocycles. The maximum Gasteiger partial charge on any atom is 0.253 e. The fraction of sp³-hybridized carbons (Fsp3) is 0.520. The van der Waals surface area contributed by atoms with Crippen molar-refractivity contribution in [1.82, 2.24) is 14.4 Å². The molecule has 1 aromatic heterocycles. The van der Waals surface area contributed by atoms with Gasteiger partial charge in [-0.2, -0.15) is 0 Å². The van der Waals surface area contributed by atoms with Crippen molar-refractivity contribution in [3.63, 3.8) is 0 Å². The lowest BCUT2D eigenvalue weighted by atomic mass is 9.81. The molecule has 2 aliphatic heterocycles. The Kier molecular flexibility index (Phi) is 4.93. The van der Waals surface area contributed by atoms with Gasteiger partial charge in [0.15, 0.2) is 5.78 Å². The Morgan fingerprint density at radius 2 is 1.77 bits per heavy atom. The van der Waals surface area contributed by atoms with Crippen LogP contribution in [-0.2, 0) is 12.1 Å². The van der Waals surface area contributed by atoms with Crippen molar-refractivity contribution >= 4 is 11.7 Å². The molecule has 31 heavy (non-hydrogen) atoms. The van der Waals surface area contributed by atoms with Crippen LogP contribution < -0.4 is 4.74 Å². The molecule has 5 rings (SSSR count). The molecule has 164 valence electrons. The highest BCUT2D eigenvalue weighted by atomic mass is 16.5. The number of hydrogen-bond donors (Lipinski definition) is 0. The van der Waals surface area contributed by atoms with Crippen LogP contribution in [0.15, 0.2) is 30.3 Å². The quantitative estimate of drug-likeness (QED) is 0.710. The number of carbonyl (C=O) groups excluding carboxylic acids is 2. The number of piperidine rings is 1. The first kappa shape index (κ1) is 20.3. The molecule has 0 unspecified atom stereocenters. The van der Waals surface area contributed by atoms with E-state index in [0.717, 1.165) is 55.8 Å². The highest BCUT2D eigenvalue weighted by molar-refractivity contribution is 5.98. The third-order valence-electron chi connectivity index (χ3n) is 7.57. The van der Waals surface area contributed by atoms with E-state index in [1.165, 1.54) is 5.69 Å². The summed E-state index contributed by atoms with van der Waals surface area (Å²) in [7, 11) is 3.83. The van der Waals surface area contributed by atoms with Gasteiger partial charge in [-0.15, -0.1) is 0 Å². The second kappa shape index (κ2) is 7.52. The van der Waals surface area contributed by atoms with E-state index in [2.05, 4.69) is 22.6 Å². The second-order valence-corrected chi connectivity index (χ2v) is 9.32. The first-order chi connectivity index (χ1) is 14.9. The van der Waals surface area contributed by atoms with Gasteiger partial charge in [0.25, 0.3) is 5.91 Å². The number of Topliss-reactive ketones (excluding diaryl/α,β-unsaturated/α-hetero) is 1. The van der Waals surface area contributed by atoms with Crippen molar-refractivity contribution in [3.05, 3.63) is 52.8 Å². The van der Waals surface area contributed by atoms with Gasteiger partial charge in [-0.3, -0.25) is 14.5 Å². The lowest BCUT2D eigenvalue weighted by Crippen LogP contribution is -2.56. The summed E-state index contributed by atoms with van der Waals surface area (Å²) in [6.45, 7) is 5.18. The number of likely N-dealkylation sites (tertiary alicyclic amines) is 1. The summed E-state index contributed by atoms with van der Waals surface area (Å²) in [5.41, 5.74) is 3.72. The predicted octanol–water partition coefficient (Wildman–Crippen LogP) is 3.47. The highest BCUT2D eigenvalue weighted by Crippen LogP contribution is 2.43. The van der Waals surface area contributed by atoms with E-state index in [1.807, 2.05) is 36.1 Å². The number of aromatic nitrogens is 1. The Morgan fingerprint density at radius 1 is 1.03 bits per heavy atom. The van der Waals surface area contributed by atoms with Crippen LogP contribution in [0, 0.1) is 12.8 Å². The average Bonchev–Trinajstić information content (AvgIpc) is 3.54. The molecule has 2 fully saturated rings. The largest absolute Gasteiger partial charge is 0.496 e. The molecule has 6 nitrogen and oxygen atoms in total. The predicted molar refractivity (Wildman–Crippen MR) is 119 cm³/mol. The van der Waals surface area contributed by atoms with Gasteiger partial charge >= 0.3 is 0 Å². The van der Waals surface area contributed by atoms with Gasteiger partial charge in [0.1, 0.15) is 5.75 Å². The Bertz CT molecular complexity index is 1030. The molecular weight excluding hydrogens is 390 g/mol. The first-order valence-corrected chi connectivity index (χ1v) is 11.3. The number of aryl methyl sites for hydroxylation is 1. The first-order valence-electron chi connectivity index (χ1n) is 11.3. The fourth-order valence-electron chi connectivity index (χ4n) is 5.46. The number of ketones is 1. The number of nitrogens with zero attached hydrogens (tertiary/aromatic N) is 3. The Labute approximate surface area is 183 Å². The maximum atomic E-state index is 13.1. The van der Waals surface area contributed by atoms with Crippen molar-refractivity contribution in [1.29, 1.82) is 0 Å². The maximum absolute atomic E-state index is 13.1. The molecule has 1 amide bonds. The molecule has 6 heteroatoms. The molecule has 1 saturated heterocycles. The van der Waals surface area contributed by atoms with Crippen LogP contribution in [0.1, 0.15) is 57.8 Å². The monoisotopic (exact) mass is 421 g/mol. The van der Waals surface area contributed by atoms with Gasteiger partial charge in [0, 0.05) is 43.4 Å². The molecule has 2 aromatic rings. The van der Waals surface area contributed by atoms with Crippen molar-refractivity contribution in [2.24, 2.45) is 5.92 Å². The van der Waals surface area contributed by atoms with Crippen molar-refractivity contribution < 1.29 is 14.3 Å². The van der Waals surface area contributed by atoms with Crippen LogP contribution >= 0.6 is 0 Å². The molecule has 1 aromatic carbocycles. The lowest BCUT2D eigenvalue weighted by Gasteiger charge is -2.50. The molecular formula is C25H31N3O3. The zero-order valence-electron chi connectivity index (χ0n) is 18.7. The molecule has 1 saturated carbocycles. The van der Waals surface area contributed by atoms with E-state index in [1.54, 1.807) is 7.11 Å². The van der Waals surface area contributed by atoms with E-state index in [4.69, 9.17) is 4.74 Å². The fourth-order valence-corrected chi connectivity index (χ4v) is 5.46. The molecule has 0 atom stereocenters. The van der Waals surface area contributed by atoms with E-state index in [-0.39, 0.29) is 17.4 Å². The SMILES string of the molecule is COc1ccc(C(=O)N2CCC3(CC2)c2ccc(C(=O)C4CC4)n2CCN3C)cc1C. The summed E-state index contributed by atoms with van der Waals surface area (Å²) < 4.78 is 7.59. The average molecular weight is 422 g/mol. The van der Waals surface area contributed by atoms with Crippen LogP contribution in [0.25, 0.3) is 0 Å². The van der Waals surface area contributed by atoms with E-state index in [9.17, 15) is 9.59 Å². The number of fused-ring (bicyclic) bond motifs is 2. The second-order valence-electron chi connectivity index (χ2n) is 9.32. The molecule has 3 heterocycles. The van der Waals surface area contributed by atoms with Crippen LogP contribution in [0.4, 0.5) is 0 Å². The van der Waals surface area contributed by atoms with E-state index < -0.39 is 0 Å². The minimum Gasteiger partial charge on any atom is -0.496 e. The number of amides is 1. The van der Waals surface area contributed by atoms with Crippen molar-refractivity contribution in [2.45, 2.75) is 44.7 Å². The topological polar surface area (TPSA) is 54.8 Å². The number of methoxy groups -OCH3 is 1. The van der Waals surface area contributed by atoms with Gasteiger partial charge in [0.05, 0.1) is 18.3 Å². The standard InChI is InChI=1S/C25H31N3O3/c1-17-16-19(6-8-21(17)31-3)24(30)27-12-10-25(11-13-27)22-9-7-20(23(29)18-4-5-18)28(22)15-14-26(25)2/h6-9,16,18H,4-5,10-15H2,1-3H3. The number of rotatable bonds is 4. The highest BCUT2D eigenvalue weighted by Gasteiger charge is 2.46. The third-order valence-corrected chi connectivity index (χ3v) is 7.57. The minimum absolute atomic E-state index is 0.0825. The summed E-state index contributed by atoms with van der Waals surface area (Å²) in [5, 5.41) is 0. The minimum atomic E-state index is -0.104. The molecule has 0 radical (unpaired) electrons. The summed E-state index contributed by atoms with van der Waals surface area (Å²) in [4.78, 5) is 30.3. The number of hydrogen-bond acceptors (Lipinski definition) is 4. The van der Waals surface area contributed by atoms with Gasteiger partial charge in [-0.25, -0.2) is 0 Å².